The fourth-order valence-electron chi connectivity index (χ4n) is 1.43. The van der Waals surface area contributed by atoms with E-state index in [2.05, 4.69) is 4.98 Å². The van der Waals surface area contributed by atoms with E-state index in [1.54, 1.807) is 31.2 Å². The summed E-state index contributed by atoms with van der Waals surface area (Å²) in [6, 6.07) is 8.95. The van der Waals surface area contributed by atoms with E-state index >= 15 is 0 Å². The molecule has 0 N–H and O–H groups in total. The average Bonchev–Trinajstić information content (AvgIpc) is 2.42. The topological polar surface area (TPSA) is 48.4 Å². The van der Waals surface area contributed by atoms with E-state index in [4.69, 9.17) is 9.47 Å². The molecular formula is C14H12FNO3. The molecule has 98 valence electrons. The minimum absolute atomic E-state index is 0.105. The first kappa shape index (κ1) is 13.0. The number of esters is 1. The molecule has 0 fully saturated rings. The Hall–Kier alpha value is -2.43. The molecule has 0 unspecified atom stereocenters. The van der Waals surface area contributed by atoms with Crippen molar-refractivity contribution >= 4 is 5.97 Å². The van der Waals surface area contributed by atoms with E-state index in [9.17, 15) is 9.18 Å². The number of ether oxygens (including phenoxy) is 2. The Bertz CT molecular complexity index is 569. The van der Waals surface area contributed by atoms with Gasteiger partial charge in [0, 0.05) is 6.20 Å². The lowest BCUT2D eigenvalue weighted by molar-refractivity contribution is 0.0526. The van der Waals surface area contributed by atoms with Crippen molar-refractivity contribution in [2.75, 3.05) is 6.61 Å². The number of nitrogens with zero attached hydrogens (tertiary/aromatic N) is 1. The van der Waals surface area contributed by atoms with E-state index in [-0.39, 0.29) is 5.88 Å². The zero-order valence-electron chi connectivity index (χ0n) is 10.3. The van der Waals surface area contributed by atoms with Crippen molar-refractivity contribution in [2.45, 2.75) is 6.92 Å². The second-order valence-corrected chi connectivity index (χ2v) is 3.64. The van der Waals surface area contributed by atoms with Crippen molar-refractivity contribution in [1.82, 2.24) is 4.98 Å². The molecule has 0 aliphatic carbocycles. The second-order valence-electron chi connectivity index (χ2n) is 3.64. The molecule has 0 aliphatic heterocycles. The van der Waals surface area contributed by atoms with Gasteiger partial charge in [-0.15, -0.1) is 0 Å². The van der Waals surface area contributed by atoms with Crippen LogP contribution in [0.5, 0.6) is 11.6 Å². The number of hydrogen-bond donors (Lipinski definition) is 0. The molecule has 5 heteroatoms. The molecule has 2 aromatic rings. The summed E-state index contributed by atoms with van der Waals surface area (Å²) in [5.41, 5.74) is 0.413. The molecule has 19 heavy (non-hydrogen) atoms. The molecular weight excluding hydrogens is 249 g/mol. The predicted molar refractivity (Wildman–Crippen MR) is 66.7 cm³/mol. The van der Waals surface area contributed by atoms with Gasteiger partial charge in [0.15, 0.2) is 5.82 Å². The number of carbonyl (C=O) groups excluding carboxylic acids is 1. The van der Waals surface area contributed by atoms with Gasteiger partial charge in [-0.1, -0.05) is 0 Å². The number of halogens is 1. The van der Waals surface area contributed by atoms with E-state index in [0.717, 1.165) is 0 Å². The quantitative estimate of drug-likeness (QED) is 0.793. The highest BCUT2D eigenvalue weighted by molar-refractivity contribution is 5.89. The van der Waals surface area contributed by atoms with E-state index < -0.39 is 11.8 Å². The van der Waals surface area contributed by atoms with Gasteiger partial charge in [0.25, 0.3) is 5.88 Å². The second kappa shape index (κ2) is 5.95. The van der Waals surface area contributed by atoms with Gasteiger partial charge >= 0.3 is 5.97 Å². The van der Waals surface area contributed by atoms with Crippen LogP contribution in [0.4, 0.5) is 4.39 Å². The summed E-state index contributed by atoms with van der Waals surface area (Å²) in [7, 11) is 0. The Balaban J connectivity index is 2.11. The van der Waals surface area contributed by atoms with Crippen LogP contribution in [0, 0.1) is 5.82 Å². The van der Waals surface area contributed by atoms with Crippen LogP contribution in [0.3, 0.4) is 0 Å². The molecule has 0 bridgehead atoms. The summed E-state index contributed by atoms with van der Waals surface area (Å²) in [4.78, 5) is 15.2. The lowest BCUT2D eigenvalue weighted by Gasteiger charge is -2.06. The third-order valence-corrected chi connectivity index (χ3v) is 2.30. The highest BCUT2D eigenvalue weighted by Crippen LogP contribution is 2.22. The van der Waals surface area contributed by atoms with Gasteiger partial charge in [0.05, 0.1) is 12.2 Å². The predicted octanol–water partition coefficient (Wildman–Crippen LogP) is 3.19. The first-order chi connectivity index (χ1) is 9.20. The van der Waals surface area contributed by atoms with Crippen molar-refractivity contribution in [3.8, 4) is 11.6 Å². The number of pyridine rings is 1. The smallest absolute Gasteiger partial charge is 0.338 e. The van der Waals surface area contributed by atoms with Gasteiger partial charge < -0.3 is 9.47 Å². The molecule has 1 heterocycles. The van der Waals surface area contributed by atoms with Crippen molar-refractivity contribution in [3.05, 3.63) is 54.0 Å². The van der Waals surface area contributed by atoms with Crippen molar-refractivity contribution < 1.29 is 18.7 Å². The van der Waals surface area contributed by atoms with Crippen molar-refractivity contribution in [3.63, 3.8) is 0 Å². The Morgan fingerprint density at radius 3 is 2.63 bits per heavy atom. The Labute approximate surface area is 109 Å². The van der Waals surface area contributed by atoms with Crippen LogP contribution in [0.15, 0.2) is 42.6 Å². The standard InChI is InChI=1S/C14H12FNO3/c1-2-18-14(17)10-5-7-11(8-6-10)19-13-12(15)4-3-9-16-13/h3-9H,2H2,1H3. The molecule has 0 aliphatic rings. The van der Waals surface area contributed by atoms with Crippen LogP contribution in [0.1, 0.15) is 17.3 Å². The average molecular weight is 261 g/mol. The fourth-order valence-corrected chi connectivity index (χ4v) is 1.43. The van der Waals surface area contributed by atoms with Gasteiger partial charge in [0.2, 0.25) is 0 Å². The SMILES string of the molecule is CCOC(=O)c1ccc(Oc2ncccc2F)cc1. The summed E-state index contributed by atoms with van der Waals surface area (Å²) in [5, 5.41) is 0. The van der Waals surface area contributed by atoms with Gasteiger partial charge in [-0.2, -0.15) is 0 Å². The fraction of sp³-hybridized carbons (Fsp3) is 0.143. The maximum Gasteiger partial charge on any atom is 0.338 e. The first-order valence-corrected chi connectivity index (χ1v) is 5.76. The summed E-state index contributed by atoms with van der Waals surface area (Å²) in [6.45, 7) is 2.05. The molecule has 0 spiro atoms. The molecule has 0 atom stereocenters. The minimum atomic E-state index is -0.544. The van der Waals surface area contributed by atoms with Gasteiger partial charge in [-0.25, -0.2) is 14.2 Å². The molecule has 1 aromatic carbocycles. The number of hydrogen-bond acceptors (Lipinski definition) is 4. The van der Waals surface area contributed by atoms with Crippen LogP contribution >= 0.6 is 0 Å². The first-order valence-electron chi connectivity index (χ1n) is 5.76. The summed E-state index contributed by atoms with van der Waals surface area (Å²) in [5.74, 6) is -0.660. The zero-order valence-corrected chi connectivity index (χ0v) is 10.3. The Morgan fingerprint density at radius 2 is 2.00 bits per heavy atom. The van der Waals surface area contributed by atoms with E-state index in [1.165, 1.54) is 18.3 Å². The van der Waals surface area contributed by atoms with Crippen molar-refractivity contribution in [1.29, 1.82) is 0 Å². The third-order valence-electron chi connectivity index (χ3n) is 2.30. The summed E-state index contributed by atoms with van der Waals surface area (Å²) >= 11 is 0. The molecule has 2 rings (SSSR count). The summed E-state index contributed by atoms with van der Waals surface area (Å²) < 4.78 is 23.4. The van der Waals surface area contributed by atoms with Gasteiger partial charge in [-0.05, 0) is 43.3 Å². The van der Waals surface area contributed by atoms with Gasteiger partial charge in [-0.3, -0.25) is 0 Å². The highest BCUT2D eigenvalue weighted by Gasteiger charge is 2.08. The molecule has 0 amide bonds. The monoisotopic (exact) mass is 261 g/mol. The lowest BCUT2D eigenvalue weighted by Crippen LogP contribution is -2.04. The van der Waals surface area contributed by atoms with E-state index in [0.29, 0.717) is 17.9 Å². The molecule has 1 aromatic heterocycles. The summed E-state index contributed by atoms with van der Waals surface area (Å²) in [6.07, 6.45) is 1.44. The van der Waals surface area contributed by atoms with Crippen LogP contribution in [-0.2, 0) is 4.74 Å². The largest absolute Gasteiger partial charge is 0.462 e. The van der Waals surface area contributed by atoms with Gasteiger partial charge in [0.1, 0.15) is 5.75 Å². The number of benzene rings is 1. The third kappa shape index (κ3) is 3.28. The maximum absolute atomic E-state index is 13.3. The lowest BCUT2D eigenvalue weighted by atomic mass is 10.2. The zero-order chi connectivity index (χ0) is 13.7. The molecule has 0 radical (unpaired) electrons. The van der Waals surface area contributed by atoms with Crippen LogP contribution in [-0.4, -0.2) is 17.6 Å². The number of aromatic nitrogens is 1. The van der Waals surface area contributed by atoms with Crippen molar-refractivity contribution in [2.24, 2.45) is 0 Å². The number of carbonyl (C=O) groups is 1. The Kier molecular flexibility index (Phi) is 4.07. The normalized spacial score (nSPS) is 10.0. The molecule has 4 nitrogen and oxygen atoms in total. The maximum atomic E-state index is 13.3. The number of rotatable bonds is 4. The van der Waals surface area contributed by atoms with Crippen LogP contribution < -0.4 is 4.74 Å². The molecule has 0 saturated carbocycles. The Morgan fingerprint density at radius 1 is 1.26 bits per heavy atom. The van der Waals surface area contributed by atoms with E-state index in [1.807, 2.05) is 0 Å². The molecule has 0 saturated heterocycles. The van der Waals surface area contributed by atoms with Crippen LogP contribution in [0.2, 0.25) is 0 Å². The minimum Gasteiger partial charge on any atom is -0.462 e. The highest BCUT2D eigenvalue weighted by atomic mass is 19.1. The van der Waals surface area contributed by atoms with Crippen LogP contribution in [0.25, 0.3) is 0 Å².